The predicted molar refractivity (Wildman–Crippen MR) is 83.4 cm³/mol. The Labute approximate surface area is 124 Å². The lowest BCUT2D eigenvalue weighted by molar-refractivity contribution is 0.242. The molecule has 0 bridgehead atoms. The van der Waals surface area contributed by atoms with Crippen molar-refractivity contribution in [3.8, 4) is 17.1 Å². The Morgan fingerprint density at radius 3 is 2.62 bits per heavy atom. The zero-order valence-electron chi connectivity index (χ0n) is 12.4. The van der Waals surface area contributed by atoms with Crippen LogP contribution in [0.4, 0.5) is 0 Å². The van der Waals surface area contributed by atoms with Gasteiger partial charge in [0.15, 0.2) is 0 Å². The maximum atomic E-state index is 11.7. The van der Waals surface area contributed by atoms with Crippen LogP contribution in [0.15, 0.2) is 35.1 Å². The summed E-state index contributed by atoms with van der Waals surface area (Å²) in [6.07, 6.45) is 1.66. The third kappa shape index (κ3) is 4.43. The molecule has 0 unspecified atom stereocenters. The summed E-state index contributed by atoms with van der Waals surface area (Å²) < 4.78 is 5.60. The average molecular weight is 287 g/mol. The number of H-pyrrole nitrogens is 1. The maximum absolute atomic E-state index is 11.7. The summed E-state index contributed by atoms with van der Waals surface area (Å²) in [5, 5.41) is 0. The minimum Gasteiger partial charge on any atom is -0.491 e. The molecule has 0 aliphatic carbocycles. The van der Waals surface area contributed by atoms with E-state index in [1.807, 2.05) is 38.1 Å². The summed E-state index contributed by atoms with van der Waals surface area (Å²) in [7, 11) is 0. The van der Waals surface area contributed by atoms with Gasteiger partial charge < -0.3 is 15.5 Å². The lowest BCUT2D eigenvalue weighted by atomic mass is 10.2. The first-order valence-electron chi connectivity index (χ1n) is 7.16. The second-order valence-electron chi connectivity index (χ2n) is 5.17. The molecule has 0 saturated heterocycles. The topological polar surface area (TPSA) is 81.0 Å². The molecule has 1 aromatic heterocycles. The van der Waals surface area contributed by atoms with Gasteiger partial charge in [-0.3, -0.25) is 4.79 Å². The summed E-state index contributed by atoms with van der Waals surface area (Å²) in [5.74, 6) is 1.38. The number of hydrogen-bond acceptors (Lipinski definition) is 4. The second kappa shape index (κ2) is 7.04. The quantitative estimate of drug-likeness (QED) is 0.852. The van der Waals surface area contributed by atoms with Crippen LogP contribution in [0.25, 0.3) is 11.4 Å². The predicted octanol–water partition coefficient (Wildman–Crippen LogP) is 2.12. The van der Waals surface area contributed by atoms with E-state index in [0.29, 0.717) is 18.8 Å². The summed E-state index contributed by atoms with van der Waals surface area (Å²) in [5.41, 5.74) is 6.97. The molecule has 1 heterocycles. The van der Waals surface area contributed by atoms with E-state index in [-0.39, 0.29) is 11.7 Å². The van der Waals surface area contributed by atoms with Crippen LogP contribution >= 0.6 is 0 Å². The van der Waals surface area contributed by atoms with E-state index < -0.39 is 0 Å². The van der Waals surface area contributed by atoms with E-state index in [4.69, 9.17) is 10.5 Å². The number of aryl methyl sites for hydroxylation is 1. The van der Waals surface area contributed by atoms with Crippen LogP contribution in [-0.4, -0.2) is 22.6 Å². The molecular weight excluding hydrogens is 266 g/mol. The van der Waals surface area contributed by atoms with Gasteiger partial charge in [0.2, 0.25) is 0 Å². The number of hydrogen-bond donors (Lipinski definition) is 2. The van der Waals surface area contributed by atoms with Gasteiger partial charge in [-0.15, -0.1) is 0 Å². The molecule has 0 spiro atoms. The van der Waals surface area contributed by atoms with Gasteiger partial charge in [-0.1, -0.05) is 0 Å². The molecule has 21 heavy (non-hydrogen) atoms. The second-order valence-corrected chi connectivity index (χ2v) is 5.17. The number of ether oxygens (including phenoxy) is 1. The van der Waals surface area contributed by atoms with E-state index in [2.05, 4.69) is 9.97 Å². The van der Waals surface area contributed by atoms with Crippen LogP contribution in [0.2, 0.25) is 0 Å². The highest BCUT2D eigenvalue weighted by Gasteiger charge is 2.05. The number of aromatic nitrogens is 2. The molecular formula is C16H21N3O2. The molecule has 0 aliphatic rings. The van der Waals surface area contributed by atoms with Crippen molar-refractivity contribution in [2.45, 2.75) is 32.8 Å². The number of nitrogens with two attached hydrogens (primary N) is 1. The van der Waals surface area contributed by atoms with E-state index in [0.717, 1.165) is 23.4 Å². The monoisotopic (exact) mass is 287 g/mol. The first kappa shape index (κ1) is 15.3. The fraction of sp³-hybridized carbons (Fsp3) is 0.375. The van der Waals surface area contributed by atoms with Crippen molar-refractivity contribution in [2.75, 3.05) is 6.54 Å². The van der Waals surface area contributed by atoms with E-state index in [1.165, 1.54) is 6.07 Å². The number of nitrogens with one attached hydrogen (secondary N) is 1. The van der Waals surface area contributed by atoms with Gasteiger partial charge in [-0.2, -0.15) is 0 Å². The van der Waals surface area contributed by atoms with Gasteiger partial charge in [-0.25, -0.2) is 4.98 Å². The van der Waals surface area contributed by atoms with Crippen molar-refractivity contribution >= 4 is 0 Å². The highest BCUT2D eigenvalue weighted by Crippen LogP contribution is 2.19. The Kier molecular flexibility index (Phi) is 5.11. The summed E-state index contributed by atoms with van der Waals surface area (Å²) >= 11 is 0. The Morgan fingerprint density at radius 1 is 1.29 bits per heavy atom. The van der Waals surface area contributed by atoms with Crippen LogP contribution in [0.1, 0.15) is 26.0 Å². The lowest BCUT2D eigenvalue weighted by Crippen LogP contribution is -2.11. The summed E-state index contributed by atoms with van der Waals surface area (Å²) in [4.78, 5) is 19.0. The van der Waals surface area contributed by atoms with Gasteiger partial charge in [-0.05, 0) is 57.5 Å². The molecule has 5 heteroatoms. The zero-order valence-corrected chi connectivity index (χ0v) is 12.4. The highest BCUT2D eigenvalue weighted by atomic mass is 16.5. The van der Waals surface area contributed by atoms with E-state index in [9.17, 15) is 4.79 Å². The number of benzene rings is 1. The molecule has 0 saturated carbocycles. The van der Waals surface area contributed by atoms with Crippen LogP contribution in [0.3, 0.4) is 0 Å². The molecule has 5 nitrogen and oxygen atoms in total. The lowest BCUT2D eigenvalue weighted by Gasteiger charge is -2.10. The van der Waals surface area contributed by atoms with Crippen molar-refractivity contribution in [3.05, 3.63) is 46.4 Å². The van der Waals surface area contributed by atoms with Crippen molar-refractivity contribution < 1.29 is 4.74 Å². The summed E-state index contributed by atoms with van der Waals surface area (Å²) in [6.45, 7) is 4.55. The molecule has 2 aromatic rings. The van der Waals surface area contributed by atoms with Gasteiger partial charge in [0.05, 0.1) is 6.10 Å². The minimum absolute atomic E-state index is 0.133. The van der Waals surface area contributed by atoms with Crippen molar-refractivity contribution in [2.24, 2.45) is 5.73 Å². The molecule has 112 valence electrons. The molecule has 0 amide bonds. The normalized spacial score (nSPS) is 10.9. The largest absolute Gasteiger partial charge is 0.491 e. The molecule has 3 N–H and O–H groups in total. The highest BCUT2D eigenvalue weighted by molar-refractivity contribution is 5.56. The molecule has 1 aromatic carbocycles. The van der Waals surface area contributed by atoms with Gasteiger partial charge in [0, 0.05) is 17.3 Å². The average Bonchev–Trinajstić information content (AvgIpc) is 2.44. The molecule has 0 aliphatic heterocycles. The van der Waals surface area contributed by atoms with Crippen molar-refractivity contribution in [1.82, 2.24) is 9.97 Å². The van der Waals surface area contributed by atoms with Gasteiger partial charge in [0.25, 0.3) is 5.56 Å². The first-order chi connectivity index (χ1) is 10.1. The Morgan fingerprint density at radius 2 is 2.00 bits per heavy atom. The van der Waals surface area contributed by atoms with Crippen LogP contribution in [0, 0.1) is 0 Å². The fourth-order valence-corrected chi connectivity index (χ4v) is 2.02. The molecule has 0 radical (unpaired) electrons. The standard InChI is InChI=1S/C16H21N3O2/c1-11(2)21-14-7-5-12(6-8-14)16-18-13(4-3-9-17)10-15(20)19-16/h5-8,10-11H,3-4,9,17H2,1-2H3,(H,18,19,20). The molecule has 0 atom stereocenters. The Hall–Kier alpha value is -2.14. The smallest absolute Gasteiger partial charge is 0.251 e. The number of rotatable bonds is 6. The summed E-state index contributed by atoms with van der Waals surface area (Å²) in [6, 6.07) is 9.06. The van der Waals surface area contributed by atoms with Crippen molar-refractivity contribution in [3.63, 3.8) is 0 Å². The Balaban J connectivity index is 2.24. The SMILES string of the molecule is CC(C)Oc1ccc(-c2nc(CCCN)cc(=O)[nH]2)cc1. The van der Waals surface area contributed by atoms with Crippen LogP contribution in [0.5, 0.6) is 5.75 Å². The molecule has 0 fully saturated rings. The number of aromatic amines is 1. The fourth-order valence-electron chi connectivity index (χ4n) is 2.02. The number of nitrogens with zero attached hydrogens (tertiary/aromatic N) is 1. The van der Waals surface area contributed by atoms with E-state index in [1.54, 1.807) is 0 Å². The first-order valence-corrected chi connectivity index (χ1v) is 7.16. The van der Waals surface area contributed by atoms with Crippen LogP contribution in [-0.2, 0) is 6.42 Å². The third-order valence-electron chi connectivity index (χ3n) is 2.93. The van der Waals surface area contributed by atoms with Crippen molar-refractivity contribution in [1.29, 1.82) is 0 Å². The molecule has 2 rings (SSSR count). The third-order valence-corrected chi connectivity index (χ3v) is 2.93. The maximum Gasteiger partial charge on any atom is 0.251 e. The van der Waals surface area contributed by atoms with E-state index >= 15 is 0 Å². The zero-order chi connectivity index (χ0) is 15.2. The van der Waals surface area contributed by atoms with Gasteiger partial charge in [0.1, 0.15) is 11.6 Å². The minimum atomic E-state index is -0.144. The van der Waals surface area contributed by atoms with Gasteiger partial charge >= 0.3 is 0 Å². The Bertz CT molecular complexity index is 633. The van der Waals surface area contributed by atoms with Crippen LogP contribution < -0.4 is 16.0 Å².